The molecule has 0 bridgehead atoms. The van der Waals surface area contributed by atoms with Gasteiger partial charge in [0.05, 0.1) is 26.1 Å². The summed E-state index contributed by atoms with van der Waals surface area (Å²) in [5.74, 6) is 2.40. The molecular weight excluding hydrogens is 404 g/mol. The van der Waals surface area contributed by atoms with Crippen LogP contribution in [0.2, 0.25) is 0 Å². The van der Waals surface area contributed by atoms with Gasteiger partial charge in [0.25, 0.3) is 5.91 Å². The average Bonchev–Trinajstić information content (AvgIpc) is 2.85. The van der Waals surface area contributed by atoms with Gasteiger partial charge in [0.2, 0.25) is 0 Å². The lowest BCUT2D eigenvalue weighted by Gasteiger charge is -2.35. The summed E-state index contributed by atoms with van der Waals surface area (Å²) in [7, 11) is 3.34. The van der Waals surface area contributed by atoms with Crippen molar-refractivity contribution >= 4 is 17.4 Å². The van der Waals surface area contributed by atoms with Crippen LogP contribution in [0.15, 0.2) is 66.9 Å². The van der Waals surface area contributed by atoms with Crippen LogP contribution in [0.4, 0.5) is 11.5 Å². The molecule has 7 nitrogen and oxygen atoms in total. The number of nitrogens with zero attached hydrogens (tertiary/aromatic N) is 3. The van der Waals surface area contributed by atoms with E-state index in [-0.39, 0.29) is 5.91 Å². The number of pyridine rings is 1. The van der Waals surface area contributed by atoms with E-state index < -0.39 is 0 Å². The van der Waals surface area contributed by atoms with Crippen molar-refractivity contribution in [2.45, 2.75) is 6.54 Å². The zero-order valence-electron chi connectivity index (χ0n) is 18.5. The zero-order chi connectivity index (χ0) is 22.3. The maximum Gasteiger partial charge on any atom is 0.255 e. The molecule has 3 aromatic rings. The minimum Gasteiger partial charge on any atom is -0.497 e. The number of nitrogens with one attached hydrogen (secondary N) is 1. The lowest BCUT2D eigenvalue weighted by molar-refractivity contribution is 0.102. The highest BCUT2D eigenvalue weighted by Gasteiger charge is 2.19. The molecule has 1 aliphatic heterocycles. The largest absolute Gasteiger partial charge is 0.497 e. The molecule has 0 unspecified atom stereocenters. The second-order valence-electron chi connectivity index (χ2n) is 7.71. The molecule has 7 heteroatoms. The van der Waals surface area contributed by atoms with Crippen molar-refractivity contribution in [1.82, 2.24) is 9.88 Å². The molecule has 0 aliphatic carbocycles. The van der Waals surface area contributed by atoms with E-state index in [2.05, 4.69) is 32.2 Å². The Morgan fingerprint density at radius 3 is 2.22 bits per heavy atom. The highest BCUT2D eigenvalue weighted by Crippen LogP contribution is 2.24. The second-order valence-corrected chi connectivity index (χ2v) is 7.71. The molecule has 0 radical (unpaired) electrons. The Labute approximate surface area is 188 Å². The van der Waals surface area contributed by atoms with Gasteiger partial charge in [-0.1, -0.05) is 18.2 Å². The van der Waals surface area contributed by atoms with Crippen LogP contribution in [0.25, 0.3) is 0 Å². The number of anilines is 2. The van der Waals surface area contributed by atoms with E-state index in [0.717, 1.165) is 50.0 Å². The van der Waals surface area contributed by atoms with Gasteiger partial charge in [-0.3, -0.25) is 9.69 Å². The molecule has 1 saturated heterocycles. The Morgan fingerprint density at radius 2 is 1.62 bits per heavy atom. The van der Waals surface area contributed by atoms with E-state index in [4.69, 9.17) is 9.47 Å². The normalized spacial score (nSPS) is 14.1. The van der Waals surface area contributed by atoms with E-state index in [1.807, 2.05) is 36.4 Å². The maximum atomic E-state index is 12.3. The first-order chi connectivity index (χ1) is 15.6. The zero-order valence-corrected chi connectivity index (χ0v) is 18.5. The van der Waals surface area contributed by atoms with Gasteiger partial charge in [-0.05, 0) is 42.0 Å². The van der Waals surface area contributed by atoms with Crippen molar-refractivity contribution < 1.29 is 14.3 Å². The minimum atomic E-state index is -0.136. The van der Waals surface area contributed by atoms with Crippen LogP contribution in [0.1, 0.15) is 15.9 Å². The van der Waals surface area contributed by atoms with Gasteiger partial charge in [0.15, 0.2) is 0 Å². The van der Waals surface area contributed by atoms with Crippen molar-refractivity contribution in [3.8, 4) is 11.5 Å². The number of hydrogen-bond donors (Lipinski definition) is 1. The lowest BCUT2D eigenvalue weighted by atomic mass is 10.1. The molecule has 1 aromatic heterocycles. The summed E-state index contributed by atoms with van der Waals surface area (Å²) in [5, 5.41) is 2.89. The van der Waals surface area contributed by atoms with E-state index in [0.29, 0.717) is 11.3 Å². The fourth-order valence-electron chi connectivity index (χ4n) is 3.79. The lowest BCUT2D eigenvalue weighted by Crippen LogP contribution is -2.46. The number of ether oxygens (including phenoxy) is 2. The van der Waals surface area contributed by atoms with Crippen LogP contribution in [-0.4, -0.2) is 56.2 Å². The topological polar surface area (TPSA) is 66.9 Å². The van der Waals surface area contributed by atoms with Gasteiger partial charge in [0, 0.05) is 44.4 Å². The molecule has 32 heavy (non-hydrogen) atoms. The quantitative estimate of drug-likeness (QED) is 0.615. The molecule has 166 valence electrons. The summed E-state index contributed by atoms with van der Waals surface area (Å²) in [6.07, 6.45) is 1.71. The van der Waals surface area contributed by atoms with Crippen LogP contribution in [0, 0.1) is 0 Å². The molecule has 1 aliphatic rings. The minimum absolute atomic E-state index is 0.136. The molecule has 0 saturated carbocycles. The number of aromatic nitrogens is 1. The SMILES string of the molecule is COc1cc(CN2CCN(c3ccc(NC(=O)c4ccccc4)cn3)CC2)cc(OC)c1. The Bertz CT molecular complexity index is 1010. The summed E-state index contributed by atoms with van der Waals surface area (Å²) in [4.78, 5) is 21.5. The van der Waals surface area contributed by atoms with Crippen molar-refractivity contribution in [1.29, 1.82) is 0 Å². The van der Waals surface area contributed by atoms with E-state index >= 15 is 0 Å². The number of methoxy groups -OCH3 is 2. The molecule has 2 aromatic carbocycles. The third-order valence-corrected chi connectivity index (χ3v) is 5.56. The highest BCUT2D eigenvalue weighted by molar-refractivity contribution is 6.04. The predicted molar refractivity (Wildman–Crippen MR) is 126 cm³/mol. The van der Waals surface area contributed by atoms with E-state index in [1.54, 1.807) is 32.5 Å². The first kappa shape index (κ1) is 21.6. The highest BCUT2D eigenvalue weighted by atomic mass is 16.5. The second kappa shape index (κ2) is 10.2. The summed E-state index contributed by atoms with van der Waals surface area (Å²) in [5.41, 5.74) is 2.49. The van der Waals surface area contributed by atoms with Crippen molar-refractivity contribution in [3.63, 3.8) is 0 Å². The monoisotopic (exact) mass is 432 g/mol. The van der Waals surface area contributed by atoms with Crippen molar-refractivity contribution in [2.75, 3.05) is 50.6 Å². The third kappa shape index (κ3) is 5.36. The molecular formula is C25H28N4O3. The summed E-state index contributed by atoms with van der Waals surface area (Å²) < 4.78 is 10.8. The first-order valence-electron chi connectivity index (χ1n) is 10.7. The van der Waals surface area contributed by atoms with Crippen LogP contribution in [-0.2, 0) is 6.54 Å². The predicted octanol–water partition coefficient (Wildman–Crippen LogP) is 3.67. The van der Waals surface area contributed by atoms with Gasteiger partial charge < -0.3 is 19.7 Å². The van der Waals surface area contributed by atoms with Gasteiger partial charge in [0.1, 0.15) is 17.3 Å². The molecule has 1 N–H and O–H groups in total. The Kier molecular flexibility index (Phi) is 6.87. The fourth-order valence-corrected chi connectivity index (χ4v) is 3.79. The third-order valence-electron chi connectivity index (χ3n) is 5.56. The smallest absolute Gasteiger partial charge is 0.255 e. The number of carbonyl (C=O) groups excluding carboxylic acids is 1. The molecule has 2 heterocycles. The summed E-state index contributed by atoms with van der Waals surface area (Å²) in [6, 6.07) is 19.0. The number of hydrogen-bond acceptors (Lipinski definition) is 6. The summed E-state index contributed by atoms with van der Waals surface area (Å²) in [6.45, 7) is 4.51. The van der Waals surface area contributed by atoms with Crippen molar-refractivity contribution in [3.05, 3.63) is 78.0 Å². The Balaban J connectivity index is 1.31. The molecule has 4 rings (SSSR count). The van der Waals surface area contributed by atoms with Gasteiger partial charge in [-0.25, -0.2) is 4.98 Å². The number of piperazine rings is 1. The Hall–Kier alpha value is -3.58. The average molecular weight is 433 g/mol. The van der Waals surface area contributed by atoms with E-state index in [9.17, 15) is 4.79 Å². The van der Waals surface area contributed by atoms with Crippen LogP contribution in [0.5, 0.6) is 11.5 Å². The molecule has 0 atom stereocenters. The molecule has 0 spiro atoms. The number of rotatable bonds is 7. The van der Waals surface area contributed by atoms with Crippen molar-refractivity contribution in [2.24, 2.45) is 0 Å². The van der Waals surface area contributed by atoms with E-state index in [1.165, 1.54) is 5.56 Å². The summed E-state index contributed by atoms with van der Waals surface area (Å²) >= 11 is 0. The number of carbonyl (C=O) groups is 1. The van der Waals surface area contributed by atoms with Gasteiger partial charge in [-0.2, -0.15) is 0 Å². The maximum absolute atomic E-state index is 12.3. The van der Waals surface area contributed by atoms with Crippen LogP contribution < -0.4 is 19.7 Å². The Morgan fingerprint density at radius 1 is 0.938 bits per heavy atom. The first-order valence-corrected chi connectivity index (χ1v) is 10.7. The van der Waals surface area contributed by atoms with Crippen LogP contribution >= 0.6 is 0 Å². The van der Waals surface area contributed by atoms with Gasteiger partial charge in [-0.15, -0.1) is 0 Å². The molecule has 1 fully saturated rings. The van der Waals surface area contributed by atoms with Crippen LogP contribution in [0.3, 0.4) is 0 Å². The fraction of sp³-hybridized carbons (Fsp3) is 0.280. The standard InChI is InChI=1S/C25H28N4O3/c1-31-22-14-19(15-23(16-22)32-2)18-28-10-12-29(13-11-28)24-9-8-21(17-26-24)27-25(30)20-6-4-3-5-7-20/h3-9,14-17H,10-13,18H2,1-2H3,(H,27,30). The number of benzene rings is 2. The van der Waals surface area contributed by atoms with Gasteiger partial charge >= 0.3 is 0 Å². The molecule has 1 amide bonds. The number of amides is 1.